The summed E-state index contributed by atoms with van der Waals surface area (Å²) in [7, 11) is -3.69. The molecule has 0 radical (unpaired) electrons. The number of sulfone groups is 1. The van der Waals surface area contributed by atoms with Gasteiger partial charge in [-0.25, -0.2) is 8.42 Å². The minimum atomic E-state index is -3.69. The third-order valence-electron chi connectivity index (χ3n) is 4.00. The van der Waals surface area contributed by atoms with Gasteiger partial charge in [-0.1, -0.05) is 24.3 Å². The van der Waals surface area contributed by atoms with Crippen LogP contribution in [0.2, 0.25) is 0 Å². The topological polar surface area (TPSA) is 52.6 Å². The molecule has 0 spiro atoms. The van der Waals surface area contributed by atoms with E-state index in [4.69, 9.17) is 9.47 Å². The van der Waals surface area contributed by atoms with E-state index in [9.17, 15) is 8.42 Å². The molecular formula is C24H30O4S. The molecule has 0 saturated heterocycles. The van der Waals surface area contributed by atoms with Crippen LogP contribution in [-0.4, -0.2) is 20.6 Å². The Kier molecular flexibility index (Phi) is 7.68. The Morgan fingerprint density at radius 3 is 1.41 bits per heavy atom. The van der Waals surface area contributed by atoms with Crippen LogP contribution in [0.15, 0.2) is 58.3 Å². The Bertz CT molecular complexity index is 924. The summed E-state index contributed by atoms with van der Waals surface area (Å²) < 4.78 is 38.2. The van der Waals surface area contributed by atoms with E-state index in [-0.39, 0.29) is 22.0 Å². The fraction of sp³-hybridized carbons (Fsp3) is 0.333. The summed E-state index contributed by atoms with van der Waals surface area (Å²) in [6.07, 6.45) is 7.42. The first kappa shape index (κ1) is 22.8. The molecule has 0 aromatic heterocycles. The third-order valence-corrected chi connectivity index (χ3v) is 5.75. The largest absolute Gasteiger partial charge is 0.490 e. The summed E-state index contributed by atoms with van der Waals surface area (Å²) >= 11 is 0. The summed E-state index contributed by atoms with van der Waals surface area (Å²) in [5.74, 6) is 1.32. The van der Waals surface area contributed by atoms with Crippen molar-refractivity contribution >= 4 is 22.0 Å². The Morgan fingerprint density at radius 2 is 1.10 bits per heavy atom. The van der Waals surface area contributed by atoms with Gasteiger partial charge in [-0.15, -0.1) is 0 Å². The zero-order valence-corrected chi connectivity index (χ0v) is 18.8. The lowest BCUT2D eigenvalue weighted by atomic mass is 10.2. The minimum absolute atomic E-state index is 0.00152. The molecule has 2 rings (SSSR count). The molecule has 0 aliphatic carbocycles. The fourth-order valence-electron chi connectivity index (χ4n) is 2.87. The van der Waals surface area contributed by atoms with Crippen molar-refractivity contribution in [2.75, 3.05) is 0 Å². The molecule has 2 aromatic rings. The highest BCUT2D eigenvalue weighted by Gasteiger charge is 2.21. The first-order valence-corrected chi connectivity index (χ1v) is 11.3. The van der Waals surface area contributed by atoms with Gasteiger partial charge in [0.1, 0.15) is 11.5 Å². The molecule has 0 fully saturated rings. The average molecular weight is 415 g/mol. The first-order chi connectivity index (χ1) is 13.7. The highest BCUT2D eigenvalue weighted by molar-refractivity contribution is 7.91. The second kappa shape index (κ2) is 9.79. The van der Waals surface area contributed by atoms with Gasteiger partial charge in [-0.3, -0.25) is 0 Å². The van der Waals surface area contributed by atoms with Crippen molar-refractivity contribution in [3.05, 3.63) is 59.7 Å². The Hall–Kier alpha value is -2.53. The molecule has 0 N–H and O–H groups in total. The van der Waals surface area contributed by atoms with E-state index in [2.05, 4.69) is 0 Å². The van der Waals surface area contributed by atoms with E-state index in [1.807, 2.05) is 65.8 Å². The quantitative estimate of drug-likeness (QED) is 0.519. The second-order valence-corrected chi connectivity index (χ2v) is 9.19. The maximum atomic E-state index is 13.3. The molecule has 0 aliphatic heterocycles. The van der Waals surface area contributed by atoms with Gasteiger partial charge in [0.2, 0.25) is 9.84 Å². The highest BCUT2D eigenvalue weighted by atomic mass is 32.2. The van der Waals surface area contributed by atoms with Gasteiger partial charge < -0.3 is 9.47 Å². The van der Waals surface area contributed by atoms with Gasteiger partial charge in [0, 0.05) is 11.1 Å². The fourth-order valence-corrected chi connectivity index (χ4v) is 4.20. The smallest absolute Gasteiger partial charge is 0.206 e. The molecular weight excluding hydrogens is 384 g/mol. The monoisotopic (exact) mass is 414 g/mol. The van der Waals surface area contributed by atoms with Crippen molar-refractivity contribution in [1.29, 1.82) is 0 Å². The standard InChI is InChI=1S/C24H30O4S/c1-7-9-19-15-21(11-13-23(19)27-17(3)4)29(25,26)22-12-14-24(28-18(5)6)20(16-22)10-8-2/h7-18H,1-6H3. The molecule has 29 heavy (non-hydrogen) atoms. The zero-order chi connectivity index (χ0) is 21.6. The third kappa shape index (κ3) is 5.73. The lowest BCUT2D eigenvalue weighted by Crippen LogP contribution is -2.09. The van der Waals surface area contributed by atoms with Crippen LogP contribution in [0.25, 0.3) is 12.2 Å². The molecule has 156 valence electrons. The van der Waals surface area contributed by atoms with Crippen LogP contribution in [-0.2, 0) is 9.84 Å². The minimum Gasteiger partial charge on any atom is -0.490 e. The van der Waals surface area contributed by atoms with E-state index < -0.39 is 9.84 Å². The van der Waals surface area contributed by atoms with E-state index in [1.54, 1.807) is 36.4 Å². The van der Waals surface area contributed by atoms with E-state index in [0.717, 1.165) is 11.1 Å². The molecule has 5 heteroatoms. The van der Waals surface area contributed by atoms with Gasteiger partial charge >= 0.3 is 0 Å². The number of benzene rings is 2. The van der Waals surface area contributed by atoms with Crippen molar-refractivity contribution in [2.45, 2.75) is 63.5 Å². The van der Waals surface area contributed by atoms with Crippen molar-refractivity contribution in [3.63, 3.8) is 0 Å². The van der Waals surface area contributed by atoms with Crippen molar-refractivity contribution in [2.24, 2.45) is 0 Å². The summed E-state index contributed by atoms with van der Waals surface area (Å²) in [5, 5.41) is 0. The van der Waals surface area contributed by atoms with Crippen molar-refractivity contribution in [1.82, 2.24) is 0 Å². The molecule has 4 nitrogen and oxygen atoms in total. The van der Waals surface area contributed by atoms with Crippen LogP contribution in [0.1, 0.15) is 52.7 Å². The van der Waals surface area contributed by atoms with Crippen LogP contribution in [0, 0.1) is 0 Å². The number of rotatable bonds is 8. The van der Waals surface area contributed by atoms with Crippen LogP contribution in [0.5, 0.6) is 11.5 Å². The lowest BCUT2D eigenvalue weighted by Gasteiger charge is -2.15. The van der Waals surface area contributed by atoms with E-state index in [0.29, 0.717) is 11.5 Å². The van der Waals surface area contributed by atoms with Crippen LogP contribution >= 0.6 is 0 Å². The van der Waals surface area contributed by atoms with Gasteiger partial charge in [-0.05, 0) is 77.9 Å². The van der Waals surface area contributed by atoms with Gasteiger partial charge in [0.05, 0.1) is 22.0 Å². The van der Waals surface area contributed by atoms with Crippen LogP contribution in [0.3, 0.4) is 0 Å². The van der Waals surface area contributed by atoms with Crippen molar-refractivity contribution in [3.8, 4) is 11.5 Å². The highest BCUT2D eigenvalue weighted by Crippen LogP contribution is 2.31. The summed E-state index contributed by atoms with van der Waals surface area (Å²) in [6.45, 7) is 11.5. The molecule has 0 heterocycles. The Balaban J connectivity index is 2.54. The molecule has 0 saturated carbocycles. The normalized spacial score (nSPS) is 12.4. The zero-order valence-electron chi connectivity index (χ0n) is 18.0. The number of hydrogen-bond acceptors (Lipinski definition) is 4. The molecule has 0 bridgehead atoms. The van der Waals surface area contributed by atoms with Crippen LogP contribution < -0.4 is 9.47 Å². The summed E-state index contributed by atoms with van der Waals surface area (Å²) in [5.41, 5.74) is 1.46. The second-order valence-electron chi connectivity index (χ2n) is 7.24. The van der Waals surface area contributed by atoms with Crippen molar-refractivity contribution < 1.29 is 17.9 Å². The maximum Gasteiger partial charge on any atom is 0.206 e. The Morgan fingerprint density at radius 1 is 0.724 bits per heavy atom. The summed E-state index contributed by atoms with van der Waals surface area (Å²) in [6, 6.07) is 9.92. The molecule has 2 aromatic carbocycles. The van der Waals surface area contributed by atoms with Gasteiger partial charge in [0.25, 0.3) is 0 Å². The van der Waals surface area contributed by atoms with Gasteiger partial charge in [0.15, 0.2) is 0 Å². The molecule has 0 unspecified atom stereocenters. The van der Waals surface area contributed by atoms with Crippen LogP contribution in [0.4, 0.5) is 0 Å². The predicted octanol–water partition coefficient (Wildman–Crippen LogP) is 6.16. The molecule has 0 aliphatic rings. The number of ether oxygens (including phenoxy) is 2. The molecule has 0 atom stereocenters. The Labute approximate surface area is 174 Å². The lowest BCUT2D eigenvalue weighted by molar-refractivity contribution is 0.241. The summed E-state index contributed by atoms with van der Waals surface area (Å²) in [4.78, 5) is 0.455. The van der Waals surface area contributed by atoms with E-state index >= 15 is 0 Å². The maximum absolute atomic E-state index is 13.3. The van der Waals surface area contributed by atoms with Gasteiger partial charge in [-0.2, -0.15) is 0 Å². The SMILES string of the molecule is CC=Cc1cc(S(=O)(=O)c2ccc(OC(C)C)c(C=CC)c2)ccc1OC(C)C. The number of allylic oxidation sites excluding steroid dienone is 2. The average Bonchev–Trinajstić information content (AvgIpc) is 2.64. The molecule has 0 amide bonds. The first-order valence-electron chi connectivity index (χ1n) is 9.81. The number of hydrogen-bond donors (Lipinski definition) is 0. The predicted molar refractivity (Wildman–Crippen MR) is 119 cm³/mol. The van der Waals surface area contributed by atoms with E-state index in [1.165, 1.54) is 0 Å².